The van der Waals surface area contributed by atoms with Crippen molar-refractivity contribution < 1.29 is 89.4 Å². The standard InChI is InChI=1S/C86H153NO18/c1-3-5-7-9-11-13-15-17-19-21-23-25-27-29-31-32-33-34-35-36-38-39-41-43-45-47-49-51-53-55-57-59-61-63-70(91)69(87-74(92)64-62-60-58-56-54-52-50-48-46-44-42-40-37-30-28-26-24-22-20-18-16-14-12-10-8-6-4-2)68-100-84-80(98)77(95)82(72(66-89)102-84)105-86-81(99)78(96)83(73(67-90)103-86)104-85-79(97)76(94)75(93)71(65-88)101-85/h6,8,12,14,18,20,24,26,30,37,42,44,61,63,69-73,75-86,88-91,93-99H,3-5,7,9-11,13,15-17,19,21-23,25,27-29,31-36,38-41,43,45-60,62,64-68H2,1-2H3,(H,87,92)/b8-6-,14-12-,20-18-,26-24-,37-30-,44-42-,63-61+. The zero-order valence-corrected chi connectivity index (χ0v) is 65.4. The van der Waals surface area contributed by atoms with E-state index in [1.54, 1.807) is 6.08 Å². The Morgan fingerprint density at radius 2 is 0.657 bits per heavy atom. The number of carbonyl (C=O) groups excluding carboxylic acids is 1. The predicted molar refractivity (Wildman–Crippen MR) is 420 cm³/mol. The fraction of sp³-hybridized carbons (Fsp3) is 0.826. The molecule has 19 nitrogen and oxygen atoms in total. The Balaban J connectivity index is 1.36. The third kappa shape index (κ3) is 45.2. The molecule has 610 valence electrons. The summed E-state index contributed by atoms with van der Waals surface area (Å²) in [4.78, 5) is 13.5. The fourth-order valence-electron chi connectivity index (χ4n) is 14.0. The summed E-state index contributed by atoms with van der Waals surface area (Å²) in [5.41, 5.74) is 0. The van der Waals surface area contributed by atoms with Gasteiger partial charge in [0.2, 0.25) is 5.91 Å². The van der Waals surface area contributed by atoms with E-state index >= 15 is 0 Å². The van der Waals surface area contributed by atoms with Gasteiger partial charge in [-0.25, -0.2) is 0 Å². The second kappa shape index (κ2) is 65.7. The lowest BCUT2D eigenvalue weighted by Gasteiger charge is -2.48. The molecule has 3 aliphatic rings. The van der Waals surface area contributed by atoms with Crippen molar-refractivity contribution in [2.45, 2.75) is 426 Å². The van der Waals surface area contributed by atoms with Crippen molar-refractivity contribution in [1.29, 1.82) is 0 Å². The van der Waals surface area contributed by atoms with Gasteiger partial charge in [0.25, 0.3) is 0 Å². The molecule has 3 aliphatic heterocycles. The predicted octanol–water partition coefficient (Wildman–Crippen LogP) is 15.0. The van der Waals surface area contributed by atoms with Gasteiger partial charge in [0.1, 0.15) is 73.2 Å². The molecule has 3 saturated heterocycles. The largest absolute Gasteiger partial charge is 0.394 e. The van der Waals surface area contributed by atoms with Gasteiger partial charge in [0, 0.05) is 6.42 Å². The van der Waals surface area contributed by atoms with Crippen LogP contribution in [0.25, 0.3) is 0 Å². The fourth-order valence-corrected chi connectivity index (χ4v) is 14.0. The number of hydrogen-bond donors (Lipinski definition) is 12. The molecule has 3 rings (SSSR count). The monoisotopic (exact) mass is 1490 g/mol. The van der Waals surface area contributed by atoms with E-state index < -0.39 is 124 Å². The van der Waals surface area contributed by atoms with Crippen LogP contribution in [0.2, 0.25) is 0 Å². The van der Waals surface area contributed by atoms with Crippen molar-refractivity contribution in [3.05, 3.63) is 85.1 Å². The maximum absolute atomic E-state index is 13.5. The molecule has 0 aromatic heterocycles. The van der Waals surface area contributed by atoms with Crippen LogP contribution < -0.4 is 5.32 Å². The molecular weight excluding hydrogens is 1330 g/mol. The lowest BCUT2D eigenvalue weighted by atomic mass is 9.96. The van der Waals surface area contributed by atoms with Gasteiger partial charge in [-0.05, 0) is 70.6 Å². The number of aliphatic hydroxyl groups excluding tert-OH is 11. The second-order valence-corrected chi connectivity index (χ2v) is 29.9. The molecule has 17 unspecified atom stereocenters. The van der Waals surface area contributed by atoms with E-state index in [2.05, 4.69) is 92.1 Å². The summed E-state index contributed by atoms with van der Waals surface area (Å²) in [6.07, 6.45) is 61.4. The van der Waals surface area contributed by atoms with Gasteiger partial charge in [0.05, 0.1) is 38.6 Å². The van der Waals surface area contributed by atoms with Crippen LogP contribution in [-0.2, 0) is 33.2 Å². The Hall–Kier alpha value is -3.03. The molecule has 0 radical (unpaired) electrons. The zero-order chi connectivity index (χ0) is 76.0. The highest BCUT2D eigenvalue weighted by atomic mass is 16.8. The van der Waals surface area contributed by atoms with Gasteiger partial charge in [-0.2, -0.15) is 0 Å². The van der Waals surface area contributed by atoms with Crippen molar-refractivity contribution in [3.63, 3.8) is 0 Å². The van der Waals surface area contributed by atoms with E-state index in [1.165, 1.54) is 193 Å². The van der Waals surface area contributed by atoms with Gasteiger partial charge in [-0.15, -0.1) is 0 Å². The number of amides is 1. The molecule has 19 heteroatoms. The van der Waals surface area contributed by atoms with E-state index in [-0.39, 0.29) is 18.9 Å². The number of aliphatic hydroxyl groups is 11. The summed E-state index contributed by atoms with van der Waals surface area (Å²) < 4.78 is 34.5. The molecular formula is C86H153NO18. The summed E-state index contributed by atoms with van der Waals surface area (Å²) in [5.74, 6) is -0.284. The summed E-state index contributed by atoms with van der Waals surface area (Å²) >= 11 is 0. The topological polar surface area (TPSA) is 307 Å². The molecule has 3 fully saturated rings. The van der Waals surface area contributed by atoms with E-state index in [9.17, 15) is 61.0 Å². The van der Waals surface area contributed by atoms with Crippen LogP contribution in [0.3, 0.4) is 0 Å². The first kappa shape index (κ1) is 96.2. The van der Waals surface area contributed by atoms with Crippen molar-refractivity contribution in [3.8, 4) is 0 Å². The molecule has 17 atom stereocenters. The molecule has 3 heterocycles. The minimum absolute atomic E-state index is 0.229. The lowest BCUT2D eigenvalue weighted by Crippen LogP contribution is -2.66. The first-order valence-electron chi connectivity index (χ1n) is 42.3. The highest BCUT2D eigenvalue weighted by molar-refractivity contribution is 5.76. The van der Waals surface area contributed by atoms with Gasteiger partial charge >= 0.3 is 0 Å². The Labute approximate surface area is 635 Å². The molecule has 0 aliphatic carbocycles. The molecule has 105 heavy (non-hydrogen) atoms. The molecule has 0 aromatic rings. The third-order valence-corrected chi connectivity index (χ3v) is 20.7. The van der Waals surface area contributed by atoms with Crippen LogP contribution in [0.15, 0.2) is 85.1 Å². The first-order valence-corrected chi connectivity index (χ1v) is 42.3. The SMILES string of the molecule is CC/C=C\C/C=C\C/C=C\C/C=C\C/C=C\C/C=C\CCCCCCCCCCC(=O)NC(COC1OC(CO)C(OC2OC(CO)C(OC3OC(CO)C(O)C(O)C3O)C(O)C2O)C(O)C1O)C(O)/C=C/CCCCCCCCCCCCCCCCCCCCCCCCCCCCCCCCC. The number of carbonyl (C=O) groups is 1. The number of nitrogens with one attached hydrogen (secondary N) is 1. The third-order valence-electron chi connectivity index (χ3n) is 20.7. The molecule has 0 aromatic carbocycles. The summed E-state index contributed by atoms with van der Waals surface area (Å²) in [6.45, 7) is 1.65. The number of ether oxygens (including phenoxy) is 6. The first-order chi connectivity index (χ1) is 51.3. The maximum atomic E-state index is 13.5. The van der Waals surface area contributed by atoms with Crippen LogP contribution >= 0.6 is 0 Å². The van der Waals surface area contributed by atoms with Crippen molar-refractivity contribution >= 4 is 5.91 Å². The molecule has 0 saturated carbocycles. The Morgan fingerprint density at radius 1 is 0.352 bits per heavy atom. The van der Waals surface area contributed by atoms with Crippen LogP contribution in [0.1, 0.15) is 322 Å². The van der Waals surface area contributed by atoms with E-state index in [0.717, 1.165) is 103 Å². The Morgan fingerprint density at radius 3 is 1.03 bits per heavy atom. The summed E-state index contributed by atoms with van der Waals surface area (Å²) in [7, 11) is 0. The van der Waals surface area contributed by atoms with E-state index in [4.69, 9.17) is 28.4 Å². The second-order valence-electron chi connectivity index (χ2n) is 29.9. The van der Waals surface area contributed by atoms with Gasteiger partial charge in [-0.3, -0.25) is 4.79 Å². The van der Waals surface area contributed by atoms with E-state index in [1.807, 2.05) is 6.08 Å². The molecule has 0 bridgehead atoms. The summed E-state index contributed by atoms with van der Waals surface area (Å²) in [6, 6.07) is -0.986. The lowest BCUT2D eigenvalue weighted by molar-refractivity contribution is -0.379. The van der Waals surface area contributed by atoms with Crippen LogP contribution in [0.4, 0.5) is 0 Å². The van der Waals surface area contributed by atoms with Gasteiger partial charge in [0.15, 0.2) is 18.9 Å². The van der Waals surface area contributed by atoms with Crippen molar-refractivity contribution in [1.82, 2.24) is 5.32 Å². The Kier molecular flexibility index (Phi) is 60.1. The average molecular weight is 1490 g/mol. The molecule has 12 N–H and O–H groups in total. The quantitative estimate of drug-likeness (QED) is 0.0199. The smallest absolute Gasteiger partial charge is 0.220 e. The number of allylic oxidation sites excluding steroid dienone is 13. The van der Waals surface area contributed by atoms with Crippen molar-refractivity contribution in [2.24, 2.45) is 0 Å². The number of hydrogen-bond acceptors (Lipinski definition) is 18. The average Bonchev–Trinajstić information content (AvgIpc) is 0.781. The zero-order valence-electron chi connectivity index (χ0n) is 65.4. The Bertz CT molecular complexity index is 2230. The van der Waals surface area contributed by atoms with Crippen LogP contribution in [0, 0.1) is 0 Å². The number of rotatable bonds is 67. The molecule has 1 amide bonds. The minimum atomic E-state index is -1.98. The van der Waals surface area contributed by atoms with Gasteiger partial charge in [-0.1, -0.05) is 330 Å². The van der Waals surface area contributed by atoms with Gasteiger partial charge < -0.3 is 89.9 Å². The maximum Gasteiger partial charge on any atom is 0.220 e. The highest BCUT2D eigenvalue weighted by Crippen LogP contribution is 2.33. The van der Waals surface area contributed by atoms with Crippen LogP contribution in [0.5, 0.6) is 0 Å². The normalized spacial score (nSPS) is 26.2. The highest BCUT2D eigenvalue weighted by Gasteiger charge is 2.54. The van der Waals surface area contributed by atoms with E-state index in [0.29, 0.717) is 6.42 Å². The van der Waals surface area contributed by atoms with Crippen molar-refractivity contribution in [2.75, 3.05) is 26.4 Å². The molecule has 0 spiro atoms. The number of unbranched alkanes of at least 4 members (excludes halogenated alkanes) is 39. The van der Waals surface area contributed by atoms with Crippen LogP contribution in [-0.4, -0.2) is 193 Å². The minimum Gasteiger partial charge on any atom is -0.394 e. The summed E-state index contributed by atoms with van der Waals surface area (Å²) in [5, 5.41) is 121.